The van der Waals surface area contributed by atoms with E-state index in [1.807, 2.05) is 0 Å². The molecule has 2 heterocycles. The molecular formula is C15H10ClFN2O3. The molecule has 5 nitrogen and oxygen atoms in total. The van der Waals surface area contributed by atoms with Crippen molar-refractivity contribution in [3.8, 4) is 11.5 Å². The second-order valence-electron chi connectivity index (χ2n) is 4.56. The van der Waals surface area contributed by atoms with E-state index < -0.39 is 11.6 Å². The zero-order valence-corrected chi connectivity index (χ0v) is 12.1. The highest BCUT2D eigenvalue weighted by molar-refractivity contribution is 6.31. The average Bonchev–Trinajstić information content (AvgIpc) is 2.91. The lowest BCUT2D eigenvalue weighted by Gasteiger charge is -2.10. The van der Waals surface area contributed by atoms with Crippen molar-refractivity contribution in [2.75, 3.05) is 7.11 Å². The topological polar surface area (TPSA) is 75.2 Å². The average molecular weight is 321 g/mol. The van der Waals surface area contributed by atoms with Crippen LogP contribution in [0.2, 0.25) is 5.02 Å². The number of aromatic amines is 1. The lowest BCUT2D eigenvalue weighted by molar-refractivity contribution is 0.103. The van der Waals surface area contributed by atoms with Gasteiger partial charge in [0.25, 0.3) is 0 Å². The van der Waals surface area contributed by atoms with Gasteiger partial charge in [-0.3, -0.25) is 4.79 Å². The van der Waals surface area contributed by atoms with Gasteiger partial charge in [0.2, 0.25) is 5.78 Å². The van der Waals surface area contributed by atoms with Crippen molar-refractivity contribution in [3.05, 3.63) is 52.6 Å². The summed E-state index contributed by atoms with van der Waals surface area (Å²) in [5.41, 5.74) is 0.295. The second kappa shape index (κ2) is 5.31. The fourth-order valence-corrected chi connectivity index (χ4v) is 2.42. The Morgan fingerprint density at radius 3 is 2.95 bits per heavy atom. The quantitative estimate of drug-likeness (QED) is 0.726. The predicted molar refractivity (Wildman–Crippen MR) is 79.2 cm³/mol. The number of pyridine rings is 1. The van der Waals surface area contributed by atoms with Crippen molar-refractivity contribution in [3.63, 3.8) is 0 Å². The van der Waals surface area contributed by atoms with E-state index >= 15 is 0 Å². The number of nitrogens with zero attached hydrogens (tertiary/aromatic N) is 1. The number of phenolic OH excluding ortho intramolecular Hbond substituents is 1. The normalized spacial score (nSPS) is 10.9. The molecule has 3 rings (SSSR count). The number of rotatable bonds is 3. The number of ketones is 1. The van der Waals surface area contributed by atoms with Crippen molar-refractivity contribution in [1.82, 2.24) is 9.97 Å². The molecule has 112 valence electrons. The minimum absolute atomic E-state index is 0.188. The van der Waals surface area contributed by atoms with Crippen LogP contribution in [-0.2, 0) is 0 Å². The highest BCUT2D eigenvalue weighted by Crippen LogP contribution is 2.34. The number of nitrogens with one attached hydrogen (secondary N) is 1. The molecule has 0 bridgehead atoms. The van der Waals surface area contributed by atoms with Crippen LogP contribution in [0.5, 0.6) is 11.5 Å². The summed E-state index contributed by atoms with van der Waals surface area (Å²) in [6, 6.07) is 3.69. The third kappa shape index (κ3) is 2.17. The molecule has 0 radical (unpaired) electrons. The Morgan fingerprint density at radius 1 is 1.45 bits per heavy atom. The summed E-state index contributed by atoms with van der Waals surface area (Å²) in [6.45, 7) is 0. The predicted octanol–water partition coefficient (Wildman–Crippen LogP) is 3.30. The molecule has 0 saturated carbocycles. The van der Waals surface area contributed by atoms with Gasteiger partial charge in [-0.1, -0.05) is 11.6 Å². The molecule has 22 heavy (non-hydrogen) atoms. The second-order valence-corrected chi connectivity index (χ2v) is 4.99. The third-order valence-electron chi connectivity index (χ3n) is 3.26. The van der Waals surface area contributed by atoms with Crippen LogP contribution in [0.1, 0.15) is 15.9 Å². The maximum Gasteiger partial charge on any atom is 0.202 e. The minimum atomic E-state index is -0.788. The van der Waals surface area contributed by atoms with Gasteiger partial charge in [-0.15, -0.1) is 0 Å². The molecule has 0 unspecified atom stereocenters. The van der Waals surface area contributed by atoms with Crippen LogP contribution in [0.15, 0.2) is 30.6 Å². The van der Waals surface area contributed by atoms with Crippen LogP contribution in [0.3, 0.4) is 0 Å². The van der Waals surface area contributed by atoms with Gasteiger partial charge in [-0.2, -0.15) is 0 Å². The van der Waals surface area contributed by atoms with Crippen LogP contribution in [0.4, 0.5) is 4.39 Å². The van der Waals surface area contributed by atoms with Gasteiger partial charge in [0.15, 0.2) is 11.5 Å². The lowest BCUT2D eigenvalue weighted by atomic mass is 10.0. The van der Waals surface area contributed by atoms with Crippen LogP contribution in [0, 0.1) is 5.82 Å². The highest BCUT2D eigenvalue weighted by Gasteiger charge is 2.24. The molecule has 0 aliphatic heterocycles. The zero-order valence-electron chi connectivity index (χ0n) is 11.4. The van der Waals surface area contributed by atoms with Gasteiger partial charge in [-0.05, 0) is 18.2 Å². The molecule has 0 atom stereocenters. The SMILES string of the molecule is COc1c(O)ccc(F)c1C(=O)c1c[nH]c2ncc(Cl)cc12. The largest absolute Gasteiger partial charge is 0.504 e. The van der Waals surface area contributed by atoms with Gasteiger partial charge >= 0.3 is 0 Å². The summed E-state index contributed by atoms with van der Waals surface area (Å²) in [5, 5.41) is 10.5. The highest BCUT2D eigenvalue weighted by atomic mass is 35.5. The number of hydrogen-bond acceptors (Lipinski definition) is 4. The molecular weight excluding hydrogens is 311 g/mol. The molecule has 0 fully saturated rings. The zero-order chi connectivity index (χ0) is 15.9. The monoisotopic (exact) mass is 320 g/mol. The first-order chi connectivity index (χ1) is 10.5. The van der Waals surface area contributed by atoms with Crippen LogP contribution in [-0.4, -0.2) is 28.0 Å². The van der Waals surface area contributed by atoms with Crippen molar-refractivity contribution in [1.29, 1.82) is 0 Å². The van der Waals surface area contributed by atoms with Gasteiger partial charge in [0, 0.05) is 23.3 Å². The first kappa shape index (κ1) is 14.3. The summed E-state index contributed by atoms with van der Waals surface area (Å²) in [5.74, 6) is -1.96. The van der Waals surface area contributed by atoms with E-state index in [1.165, 1.54) is 19.5 Å². The number of H-pyrrole nitrogens is 1. The standard InChI is InChI=1S/C15H10ClFN2O3/c1-22-14-11(20)3-2-10(17)12(14)13(21)9-6-19-15-8(9)4-7(16)5-18-15/h2-6,20H,1H3,(H,18,19). The molecule has 1 aromatic carbocycles. The van der Waals surface area contributed by atoms with Gasteiger partial charge in [0.1, 0.15) is 17.0 Å². The van der Waals surface area contributed by atoms with Crippen LogP contribution in [0.25, 0.3) is 11.0 Å². The van der Waals surface area contributed by atoms with Crippen molar-refractivity contribution < 1.29 is 19.0 Å². The Bertz CT molecular complexity index is 892. The minimum Gasteiger partial charge on any atom is -0.504 e. The van der Waals surface area contributed by atoms with Crippen molar-refractivity contribution >= 4 is 28.4 Å². The van der Waals surface area contributed by atoms with Gasteiger partial charge < -0.3 is 14.8 Å². The Hall–Kier alpha value is -2.60. The molecule has 2 N–H and O–H groups in total. The summed E-state index contributed by atoms with van der Waals surface area (Å²) >= 11 is 5.89. The number of fused-ring (bicyclic) bond motifs is 1. The van der Waals surface area contributed by atoms with E-state index in [4.69, 9.17) is 16.3 Å². The molecule has 0 aliphatic carbocycles. The first-order valence-electron chi connectivity index (χ1n) is 6.25. The number of halogens is 2. The Labute approximate surface area is 129 Å². The number of aromatic hydroxyl groups is 1. The maximum atomic E-state index is 14.1. The number of aromatic nitrogens is 2. The maximum absolute atomic E-state index is 14.1. The van der Waals surface area contributed by atoms with Crippen molar-refractivity contribution in [2.45, 2.75) is 0 Å². The number of methoxy groups -OCH3 is 1. The fourth-order valence-electron chi connectivity index (χ4n) is 2.27. The number of carbonyl (C=O) groups is 1. The van der Waals surface area contributed by atoms with E-state index in [9.17, 15) is 14.3 Å². The van der Waals surface area contributed by atoms with Crippen LogP contribution >= 0.6 is 11.6 Å². The number of ether oxygens (including phenoxy) is 1. The van der Waals surface area contributed by atoms with Gasteiger partial charge in [-0.25, -0.2) is 9.37 Å². The summed E-state index contributed by atoms with van der Waals surface area (Å²) in [7, 11) is 1.25. The Morgan fingerprint density at radius 2 is 2.23 bits per heavy atom. The molecule has 3 aromatic rings. The Balaban J connectivity index is 2.22. The molecule has 0 aliphatic rings. The van der Waals surface area contributed by atoms with Gasteiger partial charge in [0.05, 0.1) is 12.1 Å². The summed E-state index contributed by atoms with van der Waals surface area (Å²) in [4.78, 5) is 19.5. The number of benzene rings is 1. The smallest absolute Gasteiger partial charge is 0.202 e. The number of hydrogen-bond donors (Lipinski definition) is 2. The van der Waals surface area contributed by atoms with E-state index in [0.717, 1.165) is 12.1 Å². The third-order valence-corrected chi connectivity index (χ3v) is 3.47. The molecule has 2 aromatic heterocycles. The van der Waals surface area contributed by atoms with E-state index in [0.29, 0.717) is 16.1 Å². The van der Waals surface area contributed by atoms with E-state index in [1.54, 1.807) is 6.07 Å². The Kier molecular flexibility index (Phi) is 3.46. The number of phenols is 1. The molecule has 0 amide bonds. The van der Waals surface area contributed by atoms with Crippen LogP contribution < -0.4 is 4.74 Å². The summed E-state index contributed by atoms with van der Waals surface area (Å²) < 4.78 is 19.0. The summed E-state index contributed by atoms with van der Waals surface area (Å²) in [6.07, 6.45) is 2.85. The number of carbonyl (C=O) groups excluding carboxylic acids is 1. The fraction of sp³-hybridized carbons (Fsp3) is 0.0667. The van der Waals surface area contributed by atoms with E-state index in [2.05, 4.69) is 9.97 Å². The molecule has 0 spiro atoms. The van der Waals surface area contributed by atoms with Crippen molar-refractivity contribution in [2.24, 2.45) is 0 Å². The molecule has 7 heteroatoms. The lowest BCUT2D eigenvalue weighted by Crippen LogP contribution is -2.06. The first-order valence-corrected chi connectivity index (χ1v) is 6.63. The van der Waals surface area contributed by atoms with E-state index in [-0.39, 0.29) is 22.6 Å². The molecule has 0 saturated heterocycles.